The van der Waals surface area contributed by atoms with Crippen LogP contribution in [-0.2, 0) is 27.7 Å². The molecule has 0 bridgehead atoms. The van der Waals surface area contributed by atoms with Crippen LogP contribution in [0.15, 0.2) is 71.9 Å². The van der Waals surface area contributed by atoms with Crippen molar-refractivity contribution >= 4 is 38.6 Å². The van der Waals surface area contributed by atoms with E-state index in [1.54, 1.807) is 31.2 Å². The number of piperidine rings is 1. The minimum atomic E-state index is -4.58. The number of fused-ring (bicyclic) bond motifs is 1. The number of aromatic nitrogens is 2. The Balaban J connectivity index is 1.33. The Hall–Kier alpha value is -5.30. The monoisotopic (exact) mass is 729 g/mol. The van der Waals surface area contributed by atoms with Gasteiger partial charge in [0.1, 0.15) is 30.6 Å². The fourth-order valence-electron chi connectivity index (χ4n) is 5.70. The zero-order valence-electron chi connectivity index (χ0n) is 27.8. The minimum absolute atomic E-state index is 0.00362. The van der Waals surface area contributed by atoms with Crippen LogP contribution in [0.25, 0.3) is 11.0 Å². The van der Waals surface area contributed by atoms with Crippen molar-refractivity contribution in [2.75, 3.05) is 38.3 Å². The summed E-state index contributed by atoms with van der Waals surface area (Å²) in [5.74, 6) is 4.62. The molecular weight excluding hydrogens is 694 g/mol. The van der Waals surface area contributed by atoms with Crippen molar-refractivity contribution in [1.82, 2.24) is 19.8 Å². The number of sulfone groups is 1. The highest BCUT2D eigenvalue weighted by Crippen LogP contribution is 2.28. The van der Waals surface area contributed by atoms with E-state index < -0.39 is 52.7 Å². The number of imidazole rings is 1. The summed E-state index contributed by atoms with van der Waals surface area (Å²) in [6.45, 7) is 0.0901. The van der Waals surface area contributed by atoms with E-state index in [0.29, 0.717) is 5.69 Å². The van der Waals surface area contributed by atoms with Crippen molar-refractivity contribution in [3.8, 4) is 17.6 Å². The maximum atomic E-state index is 15.5. The molecule has 2 heterocycles. The Bertz CT molecular complexity index is 2070. The molecule has 51 heavy (non-hydrogen) atoms. The predicted molar refractivity (Wildman–Crippen MR) is 181 cm³/mol. The lowest BCUT2D eigenvalue weighted by atomic mass is 9.92. The van der Waals surface area contributed by atoms with E-state index in [4.69, 9.17) is 9.47 Å². The van der Waals surface area contributed by atoms with Crippen molar-refractivity contribution in [2.45, 2.75) is 43.4 Å². The Labute approximate surface area is 291 Å². The Morgan fingerprint density at radius 1 is 1.08 bits per heavy atom. The van der Waals surface area contributed by atoms with Crippen molar-refractivity contribution in [3.63, 3.8) is 0 Å². The first kappa shape index (κ1) is 37.0. The van der Waals surface area contributed by atoms with Gasteiger partial charge < -0.3 is 29.6 Å². The highest BCUT2D eigenvalue weighted by molar-refractivity contribution is 7.90. The van der Waals surface area contributed by atoms with E-state index >= 15 is 4.39 Å². The molecule has 270 valence electrons. The van der Waals surface area contributed by atoms with Crippen LogP contribution in [0.5, 0.6) is 5.75 Å². The van der Waals surface area contributed by atoms with Crippen LogP contribution in [0.2, 0.25) is 0 Å². The lowest BCUT2D eigenvalue weighted by Gasteiger charge is -2.39. The molecule has 0 radical (unpaired) electrons. The van der Waals surface area contributed by atoms with Crippen LogP contribution >= 0.6 is 0 Å². The van der Waals surface area contributed by atoms with E-state index in [1.807, 2.05) is 6.07 Å². The number of hydrogen-bond donors (Lipinski definition) is 2. The van der Waals surface area contributed by atoms with Gasteiger partial charge in [0.25, 0.3) is 5.91 Å². The molecule has 4 aromatic rings. The van der Waals surface area contributed by atoms with Crippen LogP contribution in [0, 0.1) is 17.8 Å². The quantitative estimate of drug-likeness (QED) is 0.178. The van der Waals surface area contributed by atoms with Crippen molar-refractivity contribution in [3.05, 3.63) is 83.7 Å². The molecule has 5 rings (SSSR count). The average Bonchev–Trinajstić information content (AvgIpc) is 3.47. The molecule has 0 spiro atoms. The number of nitrogens with one attached hydrogen (secondary N) is 2. The summed E-state index contributed by atoms with van der Waals surface area (Å²) in [6.07, 6.45) is -4.91. The van der Waals surface area contributed by atoms with Gasteiger partial charge in [0.15, 0.2) is 9.84 Å². The zero-order valence-corrected chi connectivity index (χ0v) is 28.6. The molecule has 1 aromatic heterocycles. The Morgan fingerprint density at radius 3 is 2.49 bits per heavy atom. The number of hydrogen-bond acceptors (Lipinski definition) is 8. The minimum Gasteiger partial charge on any atom is -0.495 e. The summed E-state index contributed by atoms with van der Waals surface area (Å²) in [5.41, 5.74) is 1.28. The SMILES string of the molecule is COc1cc(S(C)(=O)=O)ccc1NCC#Cc1cc(C(=O)NC2C(C)CN(C(=O)OCc3ccccc3)CC2F)c2ncn(CC(F)(F)F)c2c1. The van der Waals surface area contributed by atoms with Crippen LogP contribution < -0.4 is 15.4 Å². The van der Waals surface area contributed by atoms with Gasteiger partial charge in [0.2, 0.25) is 0 Å². The number of halogens is 4. The second kappa shape index (κ2) is 15.3. The third kappa shape index (κ3) is 9.28. The molecule has 1 aliphatic heterocycles. The molecule has 3 atom stereocenters. The van der Waals surface area contributed by atoms with Gasteiger partial charge in [-0.05, 0) is 35.7 Å². The predicted octanol–water partition coefficient (Wildman–Crippen LogP) is 5.20. The largest absolute Gasteiger partial charge is 0.495 e. The van der Waals surface area contributed by atoms with E-state index in [9.17, 15) is 31.2 Å². The third-order valence-electron chi connectivity index (χ3n) is 8.19. The van der Waals surface area contributed by atoms with Crippen LogP contribution in [0.3, 0.4) is 0 Å². The Morgan fingerprint density at radius 2 is 1.82 bits per heavy atom. The van der Waals surface area contributed by atoms with Crippen molar-refractivity contribution in [1.29, 1.82) is 0 Å². The number of ether oxygens (including phenoxy) is 2. The van der Waals surface area contributed by atoms with Crippen molar-refractivity contribution in [2.24, 2.45) is 5.92 Å². The van der Waals surface area contributed by atoms with Crippen LogP contribution in [-0.4, -0.2) is 86.3 Å². The smallest absolute Gasteiger partial charge is 0.410 e. The molecule has 2 N–H and O–H groups in total. The molecule has 0 aliphatic carbocycles. The molecule has 1 saturated heterocycles. The lowest BCUT2D eigenvalue weighted by Crippen LogP contribution is -2.58. The number of rotatable bonds is 9. The van der Waals surface area contributed by atoms with Crippen molar-refractivity contribution < 1.29 is 45.0 Å². The van der Waals surface area contributed by atoms with Gasteiger partial charge in [-0.15, -0.1) is 0 Å². The van der Waals surface area contributed by atoms with Gasteiger partial charge in [-0.3, -0.25) is 4.79 Å². The van der Waals surface area contributed by atoms with Gasteiger partial charge in [-0.1, -0.05) is 49.1 Å². The summed E-state index contributed by atoms with van der Waals surface area (Å²) < 4.78 is 91.0. The molecule has 11 nitrogen and oxygen atoms in total. The highest BCUT2D eigenvalue weighted by Gasteiger charge is 2.39. The van der Waals surface area contributed by atoms with E-state index in [-0.39, 0.29) is 59.0 Å². The number of carbonyl (C=O) groups is 2. The van der Waals surface area contributed by atoms with E-state index in [2.05, 4.69) is 27.5 Å². The summed E-state index contributed by atoms with van der Waals surface area (Å²) in [6, 6.07) is 15.0. The molecule has 3 unspecified atom stereocenters. The maximum Gasteiger partial charge on any atom is 0.410 e. The summed E-state index contributed by atoms with van der Waals surface area (Å²) >= 11 is 0. The summed E-state index contributed by atoms with van der Waals surface area (Å²) in [5, 5.41) is 5.66. The molecule has 0 saturated carbocycles. The fraction of sp³-hybridized carbons (Fsp3) is 0.343. The maximum absolute atomic E-state index is 15.5. The van der Waals surface area contributed by atoms with Crippen LogP contribution in [0.4, 0.5) is 28.0 Å². The number of carbonyl (C=O) groups excluding carboxylic acids is 2. The summed E-state index contributed by atoms with van der Waals surface area (Å²) in [7, 11) is -2.10. The number of amides is 2. The first-order valence-electron chi connectivity index (χ1n) is 15.7. The molecule has 2 amide bonds. The number of methoxy groups -OCH3 is 1. The molecule has 1 fully saturated rings. The van der Waals surface area contributed by atoms with E-state index in [0.717, 1.165) is 22.7 Å². The van der Waals surface area contributed by atoms with Gasteiger partial charge in [0, 0.05) is 24.4 Å². The number of likely N-dealkylation sites (tertiary alicyclic amines) is 1. The van der Waals surface area contributed by atoms with Gasteiger partial charge in [-0.25, -0.2) is 22.6 Å². The van der Waals surface area contributed by atoms with E-state index in [1.165, 1.54) is 42.3 Å². The average molecular weight is 730 g/mol. The second-order valence-electron chi connectivity index (χ2n) is 12.1. The third-order valence-corrected chi connectivity index (χ3v) is 9.30. The normalized spacial score (nSPS) is 17.7. The van der Waals surface area contributed by atoms with Gasteiger partial charge >= 0.3 is 12.3 Å². The van der Waals surface area contributed by atoms with Gasteiger partial charge in [0.05, 0.1) is 54.2 Å². The first-order valence-corrected chi connectivity index (χ1v) is 17.6. The number of alkyl halides is 4. The molecular formula is C35H35F4N5O6S. The van der Waals surface area contributed by atoms with Gasteiger partial charge in [-0.2, -0.15) is 13.2 Å². The number of anilines is 1. The first-order chi connectivity index (χ1) is 24.1. The topological polar surface area (TPSA) is 132 Å². The second-order valence-corrected chi connectivity index (χ2v) is 14.1. The lowest BCUT2D eigenvalue weighted by molar-refractivity contribution is -0.140. The standard InChI is InChI=1S/C35H35F4N5O6S/c1-22-17-43(34(46)50-19-23-8-5-4-6-9-23)18-27(36)31(22)42-33(45)26-14-24(15-29-32(26)41-21-44(29)20-35(37,38)39)10-7-13-40-28-12-11-25(51(3,47)48)16-30(28)49-2/h4-6,8-9,11-12,14-16,21-22,27,31,40H,13,17-20H2,1-3H3,(H,42,45). The number of benzene rings is 3. The molecule has 3 aromatic carbocycles. The fourth-order valence-corrected chi connectivity index (χ4v) is 6.34. The number of nitrogens with zero attached hydrogens (tertiary/aromatic N) is 3. The zero-order chi connectivity index (χ0) is 36.9. The molecule has 1 aliphatic rings. The highest BCUT2D eigenvalue weighted by atomic mass is 32.2. The Kier molecular flexibility index (Phi) is 11.1. The summed E-state index contributed by atoms with van der Waals surface area (Å²) in [4.78, 5) is 31.7. The molecule has 16 heteroatoms. The van der Waals surface area contributed by atoms with Crippen LogP contribution in [0.1, 0.15) is 28.4 Å².